The zero-order valence-electron chi connectivity index (χ0n) is 11.8. The van der Waals surface area contributed by atoms with E-state index < -0.39 is 18.8 Å². The lowest BCUT2D eigenvalue weighted by Crippen LogP contribution is -2.38. The smallest absolute Gasteiger partial charge is 0.422 e. The fourth-order valence-corrected chi connectivity index (χ4v) is 1.99. The molecular weight excluding hydrogens is 301 g/mol. The van der Waals surface area contributed by atoms with Crippen molar-refractivity contribution in [3.8, 4) is 5.75 Å². The van der Waals surface area contributed by atoms with E-state index in [-0.39, 0.29) is 30.6 Å². The molecular formula is C14H17F3N2O3. The SMILES string of the molecule is O=C(Nc1ccccc1OCC(F)(F)F)N(CCO)C1CC1. The van der Waals surface area contributed by atoms with Crippen LogP contribution in [-0.4, -0.2) is 48.0 Å². The average Bonchev–Trinajstić information content (AvgIpc) is 3.27. The number of nitrogens with zero attached hydrogens (tertiary/aromatic N) is 1. The molecule has 1 aromatic rings. The molecule has 2 amide bonds. The van der Waals surface area contributed by atoms with Crippen molar-refractivity contribution in [3.05, 3.63) is 24.3 Å². The molecule has 1 aromatic carbocycles. The lowest BCUT2D eigenvalue weighted by atomic mass is 10.3. The molecule has 1 aliphatic rings. The number of urea groups is 1. The van der Waals surface area contributed by atoms with Crippen molar-refractivity contribution < 1.29 is 27.8 Å². The Labute approximate surface area is 125 Å². The Morgan fingerprint density at radius 2 is 2.05 bits per heavy atom. The number of nitrogens with one attached hydrogen (secondary N) is 1. The van der Waals surface area contributed by atoms with Crippen LogP contribution in [0.5, 0.6) is 5.75 Å². The van der Waals surface area contributed by atoms with Gasteiger partial charge in [-0.2, -0.15) is 13.2 Å². The number of hydrogen-bond acceptors (Lipinski definition) is 3. The van der Waals surface area contributed by atoms with E-state index in [0.29, 0.717) is 0 Å². The number of para-hydroxylation sites is 2. The molecule has 0 heterocycles. The van der Waals surface area contributed by atoms with Crippen molar-refractivity contribution in [2.75, 3.05) is 25.1 Å². The maximum atomic E-state index is 12.2. The molecule has 0 unspecified atom stereocenters. The summed E-state index contributed by atoms with van der Waals surface area (Å²) in [7, 11) is 0. The van der Waals surface area contributed by atoms with E-state index in [9.17, 15) is 18.0 Å². The van der Waals surface area contributed by atoms with Crippen LogP contribution in [0.1, 0.15) is 12.8 Å². The molecule has 1 aliphatic carbocycles. The van der Waals surface area contributed by atoms with Crippen LogP contribution in [0.3, 0.4) is 0 Å². The standard InChI is InChI=1S/C14H17F3N2O3/c15-14(16,17)9-22-12-4-2-1-3-11(12)18-13(21)19(7-8-20)10-5-6-10/h1-4,10,20H,5-9H2,(H,18,21). The summed E-state index contributed by atoms with van der Waals surface area (Å²) in [4.78, 5) is 13.6. The number of alkyl halides is 3. The predicted octanol–water partition coefficient (Wildman–Crippen LogP) is 2.62. The van der Waals surface area contributed by atoms with Gasteiger partial charge in [-0.15, -0.1) is 0 Å². The minimum absolute atomic E-state index is 0.0482. The van der Waals surface area contributed by atoms with Gasteiger partial charge in [-0.05, 0) is 25.0 Å². The molecule has 1 fully saturated rings. The summed E-state index contributed by atoms with van der Waals surface area (Å²) in [5, 5.41) is 11.5. The molecule has 0 radical (unpaired) electrons. The first kappa shape index (κ1) is 16.4. The number of rotatable bonds is 6. The highest BCUT2D eigenvalue weighted by Crippen LogP contribution is 2.29. The van der Waals surface area contributed by atoms with Crippen molar-refractivity contribution in [3.63, 3.8) is 0 Å². The Hall–Kier alpha value is -1.96. The van der Waals surface area contributed by atoms with Crippen LogP contribution in [0.2, 0.25) is 0 Å². The van der Waals surface area contributed by atoms with Crippen molar-refractivity contribution >= 4 is 11.7 Å². The van der Waals surface area contributed by atoms with Crippen LogP contribution in [0.25, 0.3) is 0 Å². The molecule has 0 aliphatic heterocycles. The van der Waals surface area contributed by atoms with Crippen LogP contribution < -0.4 is 10.1 Å². The molecule has 122 valence electrons. The van der Waals surface area contributed by atoms with Gasteiger partial charge in [-0.25, -0.2) is 4.79 Å². The zero-order chi connectivity index (χ0) is 16.2. The molecule has 0 bridgehead atoms. The van der Waals surface area contributed by atoms with Crippen molar-refractivity contribution in [2.24, 2.45) is 0 Å². The van der Waals surface area contributed by atoms with E-state index in [1.165, 1.54) is 23.1 Å². The Kier molecular flexibility index (Phi) is 5.12. The van der Waals surface area contributed by atoms with Gasteiger partial charge in [0.1, 0.15) is 5.75 Å². The highest BCUT2D eigenvalue weighted by atomic mass is 19.4. The first-order chi connectivity index (χ1) is 10.4. The Morgan fingerprint density at radius 3 is 2.64 bits per heavy atom. The van der Waals surface area contributed by atoms with Crippen molar-refractivity contribution in [1.82, 2.24) is 4.90 Å². The molecule has 0 aromatic heterocycles. The van der Waals surface area contributed by atoms with E-state index in [1.807, 2.05) is 0 Å². The molecule has 2 rings (SSSR count). The molecule has 0 atom stereocenters. The minimum Gasteiger partial charge on any atom is -0.482 e. The number of carbonyl (C=O) groups excluding carboxylic acids is 1. The van der Waals surface area contributed by atoms with Crippen LogP contribution >= 0.6 is 0 Å². The third-order valence-electron chi connectivity index (χ3n) is 3.11. The summed E-state index contributed by atoms with van der Waals surface area (Å²) in [5.41, 5.74) is 0.167. The third-order valence-corrected chi connectivity index (χ3v) is 3.11. The fourth-order valence-electron chi connectivity index (χ4n) is 1.99. The topological polar surface area (TPSA) is 61.8 Å². The van der Waals surface area contributed by atoms with Gasteiger partial charge in [0.15, 0.2) is 6.61 Å². The number of amides is 2. The molecule has 22 heavy (non-hydrogen) atoms. The Balaban J connectivity index is 2.03. The molecule has 1 saturated carbocycles. The van der Waals surface area contributed by atoms with Crippen LogP contribution in [0.15, 0.2) is 24.3 Å². The number of halogens is 3. The van der Waals surface area contributed by atoms with E-state index >= 15 is 0 Å². The number of carbonyl (C=O) groups is 1. The number of anilines is 1. The highest BCUT2D eigenvalue weighted by Gasteiger charge is 2.33. The molecule has 0 spiro atoms. The lowest BCUT2D eigenvalue weighted by Gasteiger charge is -2.22. The number of aliphatic hydroxyl groups excluding tert-OH is 1. The fraction of sp³-hybridized carbons (Fsp3) is 0.500. The van der Waals surface area contributed by atoms with Crippen LogP contribution in [0, 0.1) is 0 Å². The third kappa shape index (κ3) is 4.80. The molecule has 8 heteroatoms. The van der Waals surface area contributed by atoms with Crippen LogP contribution in [-0.2, 0) is 0 Å². The predicted molar refractivity (Wildman–Crippen MR) is 73.8 cm³/mol. The van der Waals surface area contributed by atoms with E-state index in [4.69, 9.17) is 9.84 Å². The van der Waals surface area contributed by atoms with Gasteiger partial charge < -0.3 is 20.1 Å². The van der Waals surface area contributed by atoms with Gasteiger partial charge in [0, 0.05) is 12.6 Å². The van der Waals surface area contributed by atoms with E-state index in [1.54, 1.807) is 6.07 Å². The second-order valence-corrected chi connectivity index (χ2v) is 4.98. The van der Waals surface area contributed by atoms with Crippen molar-refractivity contribution in [2.45, 2.75) is 25.1 Å². The Morgan fingerprint density at radius 1 is 1.36 bits per heavy atom. The molecule has 2 N–H and O–H groups in total. The van der Waals surface area contributed by atoms with Gasteiger partial charge in [0.25, 0.3) is 0 Å². The quantitative estimate of drug-likeness (QED) is 0.847. The molecule has 5 nitrogen and oxygen atoms in total. The minimum atomic E-state index is -4.45. The maximum Gasteiger partial charge on any atom is 0.422 e. The van der Waals surface area contributed by atoms with E-state index in [2.05, 4.69) is 5.32 Å². The largest absolute Gasteiger partial charge is 0.482 e. The van der Waals surface area contributed by atoms with Gasteiger partial charge >= 0.3 is 12.2 Å². The summed E-state index contributed by atoms with van der Waals surface area (Å²) in [6.07, 6.45) is -2.73. The number of ether oxygens (including phenoxy) is 1. The monoisotopic (exact) mass is 318 g/mol. The number of benzene rings is 1. The van der Waals surface area contributed by atoms with Crippen LogP contribution in [0.4, 0.5) is 23.7 Å². The number of aliphatic hydroxyl groups is 1. The first-order valence-corrected chi connectivity index (χ1v) is 6.88. The summed E-state index contributed by atoms with van der Waals surface area (Å²) in [5.74, 6) is -0.0482. The van der Waals surface area contributed by atoms with Gasteiger partial charge in [0.2, 0.25) is 0 Å². The van der Waals surface area contributed by atoms with E-state index in [0.717, 1.165) is 12.8 Å². The Bertz CT molecular complexity index is 518. The zero-order valence-corrected chi connectivity index (χ0v) is 11.8. The van der Waals surface area contributed by atoms with Gasteiger partial charge in [-0.1, -0.05) is 12.1 Å². The summed E-state index contributed by atoms with van der Waals surface area (Å²) in [6, 6.07) is 5.55. The number of hydrogen-bond donors (Lipinski definition) is 2. The highest BCUT2D eigenvalue weighted by molar-refractivity contribution is 5.91. The molecule has 0 saturated heterocycles. The average molecular weight is 318 g/mol. The first-order valence-electron chi connectivity index (χ1n) is 6.88. The second kappa shape index (κ2) is 6.87. The van der Waals surface area contributed by atoms with Crippen molar-refractivity contribution in [1.29, 1.82) is 0 Å². The normalized spacial score (nSPS) is 14.5. The summed E-state index contributed by atoms with van der Waals surface area (Å²) >= 11 is 0. The second-order valence-electron chi connectivity index (χ2n) is 4.98. The van der Waals surface area contributed by atoms with Gasteiger partial charge in [-0.3, -0.25) is 0 Å². The lowest BCUT2D eigenvalue weighted by molar-refractivity contribution is -0.153. The summed E-state index contributed by atoms with van der Waals surface area (Å²) < 4.78 is 41.4. The maximum absolute atomic E-state index is 12.2. The summed E-state index contributed by atoms with van der Waals surface area (Å²) in [6.45, 7) is -1.42. The van der Waals surface area contributed by atoms with Gasteiger partial charge in [0.05, 0.1) is 12.3 Å².